The van der Waals surface area contributed by atoms with Crippen LogP contribution in [0.5, 0.6) is 0 Å². The highest BCUT2D eigenvalue weighted by Crippen LogP contribution is 2.30. The summed E-state index contributed by atoms with van der Waals surface area (Å²) in [6.45, 7) is 4.43. The van der Waals surface area contributed by atoms with Gasteiger partial charge in [-0.25, -0.2) is 0 Å². The summed E-state index contributed by atoms with van der Waals surface area (Å²) in [5.74, 6) is 1.58. The minimum atomic E-state index is 0.402. The highest BCUT2D eigenvalue weighted by atomic mass is 16.1. The number of ketones is 1. The summed E-state index contributed by atoms with van der Waals surface area (Å²) in [4.78, 5) is 11.5. The van der Waals surface area contributed by atoms with Gasteiger partial charge in [0.2, 0.25) is 0 Å². The van der Waals surface area contributed by atoms with E-state index in [-0.39, 0.29) is 0 Å². The van der Waals surface area contributed by atoms with Crippen LogP contribution in [0.4, 0.5) is 0 Å². The molecule has 0 bridgehead atoms. The van der Waals surface area contributed by atoms with E-state index in [4.69, 9.17) is 0 Å². The van der Waals surface area contributed by atoms with Gasteiger partial charge in [0.1, 0.15) is 5.78 Å². The molecular weight excluding hydrogens is 148 g/mol. The lowest BCUT2D eigenvalue weighted by Crippen LogP contribution is -2.26. The van der Waals surface area contributed by atoms with Gasteiger partial charge in [0, 0.05) is 12.3 Å². The molecule has 1 aliphatic carbocycles. The van der Waals surface area contributed by atoms with Gasteiger partial charge in [0.25, 0.3) is 0 Å². The number of hydrogen-bond acceptors (Lipinski definition) is 1. The van der Waals surface area contributed by atoms with Gasteiger partial charge in [-0.3, -0.25) is 4.79 Å². The zero-order valence-electron chi connectivity index (χ0n) is 8.31. The maximum Gasteiger partial charge on any atom is 0.136 e. The molecule has 2 atom stereocenters. The van der Waals surface area contributed by atoms with Gasteiger partial charge < -0.3 is 0 Å². The van der Waals surface area contributed by atoms with Crippen molar-refractivity contribution in [1.82, 2.24) is 0 Å². The molecular formula is C11H20O. The number of Topliss-reactive ketones (excluding diaryl/α,β-unsaturated/α-hetero) is 1. The van der Waals surface area contributed by atoms with E-state index in [2.05, 4.69) is 13.8 Å². The Balaban J connectivity index is 2.40. The molecule has 1 rings (SSSR count). The molecule has 1 heteroatoms. The van der Waals surface area contributed by atoms with E-state index < -0.39 is 0 Å². The first-order valence-electron chi connectivity index (χ1n) is 5.28. The van der Waals surface area contributed by atoms with E-state index in [1.165, 1.54) is 19.3 Å². The molecule has 1 aliphatic rings. The predicted octanol–water partition coefficient (Wildman–Crippen LogP) is 3.18. The summed E-state index contributed by atoms with van der Waals surface area (Å²) in [7, 11) is 0. The minimum absolute atomic E-state index is 0.402. The van der Waals surface area contributed by atoms with E-state index in [0.29, 0.717) is 17.6 Å². The fraction of sp³-hybridized carbons (Fsp3) is 0.909. The lowest BCUT2D eigenvalue weighted by Gasteiger charge is -2.27. The van der Waals surface area contributed by atoms with E-state index in [0.717, 1.165) is 19.3 Å². The summed E-state index contributed by atoms with van der Waals surface area (Å²) < 4.78 is 0. The van der Waals surface area contributed by atoms with Gasteiger partial charge in [0.05, 0.1) is 0 Å². The summed E-state index contributed by atoms with van der Waals surface area (Å²) in [5, 5.41) is 0. The highest BCUT2D eigenvalue weighted by molar-refractivity contribution is 5.81. The minimum Gasteiger partial charge on any atom is -0.299 e. The summed E-state index contributed by atoms with van der Waals surface area (Å²) >= 11 is 0. The molecule has 1 fully saturated rings. The standard InChI is InChI=1S/C11H20O/c1-3-4-7-10-9(2)6-5-8-11(10)12/h9-10H,3-8H2,1-2H3/t9-,10+/m0/s1. The van der Waals surface area contributed by atoms with Gasteiger partial charge in [0.15, 0.2) is 0 Å². The fourth-order valence-electron chi connectivity index (χ4n) is 2.17. The smallest absolute Gasteiger partial charge is 0.136 e. The van der Waals surface area contributed by atoms with Crippen LogP contribution in [0.1, 0.15) is 52.4 Å². The summed E-state index contributed by atoms with van der Waals surface area (Å²) in [6.07, 6.45) is 6.81. The van der Waals surface area contributed by atoms with Crippen molar-refractivity contribution < 1.29 is 4.79 Å². The Labute approximate surface area is 75.5 Å². The molecule has 0 heterocycles. The molecule has 0 aliphatic heterocycles. The first kappa shape index (κ1) is 9.76. The molecule has 1 saturated carbocycles. The molecule has 0 spiro atoms. The first-order chi connectivity index (χ1) is 5.75. The number of carbonyl (C=O) groups is 1. The molecule has 0 N–H and O–H groups in total. The number of rotatable bonds is 3. The van der Waals surface area contributed by atoms with Crippen LogP contribution in [0.3, 0.4) is 0 Å². The normalized spacial score (nSPS) is 30.7. The molecule has 1 nitrogen and oxygen atoms in total. The van der Waals surface area contributed by atoms with Crippen LogP contribution >= 0.6 is 0 Å². The van der Waals surface area contributed by atoms with E-state index in [1.807, 2.05) is 0 Å². The quantitative estimate of drug-likeness (QED) is 0.632. The third-order valence-corrected chi connectivity index (χ3v) is 3.05. The van der Waals surface area contributed by atoms with Crippen molar-refractivity contribution in [3.63, 3.8) is 0 Å². The van der Waals surface area contributed by atoms with Crippen LogP contribution in [-0.4, -0.2) is 5.78 Å². The largest absolute Gasteiger partial charge is 0.299 e. The van der Waals surface area contributed by atoms with Crippen molar-refractivity contribution in [2.75, 3.05) is 0 Å². The topological polar surface area (TPSA) is 17.1 Å². The SMILES string of the molecule is CCCC[C@H]1C(=O)CCC[C@@H]1C. The van der Waals surface area contributed by atoms with Gasteiger partial charge >= 0.3 is 0 Å². The highest BCUT2D eigenvalue weighted by Gasteiger charge is 2.27. The van der Waals surface area contributed by atoms with Crippen LogP contribution in [0, 0.1) is 11.8 Å². The van der Waals surface area contributed by atoms with Crippen molar-refractivity contribution in [2.45, 2.75) is 52.4 Å². The van der Waals surface area contributed by atoms with Crippen molar-refractivity contribution >= 4 is 5.78 Å². The van der Waals surface area contributed by atoms with Gasteiger partial charge in [-0.05, 0) is 25.2 Å². The number of unbranched alkanes of at least 4 members (excludes halogenated alkanes) is 1. The maximum atomic E-state index is 11.5. The Hall–Kier alpha value is -0.330. The van der Waals surface area contributed by atoms with Crippen molar-refractivity contribution in [2.24, 2.45) is 11.8 Å². The van der Waals surface area contributed by atoms with Gasteiger partial charge in [-0.2, -0.15) is 0 Å². The van der Waals surface area contributed by atoms with Crippen molar-refractivity contribution in [1.29, 1.82) is 0 Å². The van der Waals surface area contributed by atoms with Crippen LogP contribution in [0.15, 0.2) is 0 Å². The van der Waals surface area contributed by atoms with Crippen LogP contribution < -0.4 is 0 Å². The first-order valence-corrected chi connectivity index (χ1v) is 5.28. The molecule has 0 amide bonds. The zero-order chi connectivity index (χ0) is 8.97. The lowest BCUT2D eigenvalue weighted by atomic mass is 9.77. The molecule has 70 valence electrons. The summed E-state index contributed by atoms with van der Waals surface area (Å²) in [5.41, 5.74) is 0. The van der Waals surface area contributed by atoms with Crippen LogP contribution in [0.25, 0.3) is 0 Å². The van der Waals surface area contributed by atoms with Crippen LogP contribution in [-0.2, 0) is 4.79 Å². The van der Waals surface area contributed by atoms with E-state index in [1.54, 1.807) is 0 Å². The Morgan fingerprint density at radius 3 is 2.83 bits per heavy atom. The molecule has 0 aromatic heterocycles. The second-order valence-electron chi connectivity index (χ2n) is 4.08. The molecule has 12 heavy (non-hydrogen) atoms. The fourth-order valence-corrected chi connectivity index (χ4v) is 2.17. The second-order valence-corrected chi connectivity index (χ2v) is 4.08. The Morgan fingerprint density at radius 2 is 2.25 bits per heavy atom. The van der Waals surface area contributed by atoms with Gasteiger partial charge in [-0.1, -0.05) is 26.7 Å². The number of carbonyl (C=O) groups excluding carboxylic acids is 1. The van der Waals surface area contributed by atoms with E-state index >= 15 is 0 Å². The summed E-state index contributed by atoms with van der Waals surface area (Å²) in [6, 6.07) is 0. The molecule has 0 aromatic rings. The Bertz CT molecular complexity index is 151. The molecule has 0 unspecified atom stereocenters. The average Bonchev–Trinajstić information content (AvgIpc) is 2.04. The Morgan fingerprint density at radius 1 is 1.50 bits per heavy atom. The predicted molar refractivity (Wildman–Crippen MR) is 51.0 cm³/mol. The van der Waals surface area contributed by atoms with E-state index in [9.17, 15) is 4.79 Å². The third kappa shape index (κ3) is 2.33. The second kappa shape index (κ2) is 4.64. The maximum absolute atomic E-state index is 11.5. The third-order valence-electron chi connectivity index (χ3n) is 3.05. The monoisotopic (exact) mass is 168 g/mol. The Kier molecular flexibility index (Phi) is 3.77. The van der Waals surface area contributed by atoms with Gasteiger partial charge in [-0.15, -0.1) is 0 Å². The molecule has 0 saturated heterocycles. The zero-order valence-corrected chi connectivity index (χ0v) is 8.31. The van der Waals surface area contributed by atoms with Crippen molar-refractivity contribution in [3.8, 4) is 0 Å². The average molecular weight is 168 g/mol. The van der Waals surface area contributed by atoms with Crippen molar-refractivity contribution in [3.05, 3.63) is 0 Å². The molecule has 0 radical (unpaired) electrons. The number of hydrogen-bond donors (Lipinski definition) is 0. The molecule has 0 aromatic carbocycles. The van der Waals surface area contributed by atoms with Crippen LogP contribution in [0.2, 0.25) is 0 Å². The lowest BCUT2D eigenvalue weighted by molar-refractivity contribution is -0.126.